The van der Waals surface area contributed by atoms with E-state index >= 15 is 0 Å². The topological polar surface area (TPSA) is 50.7 Å². The number of rotatable bonds is 2. The van der Waals surface area contributed by atoms with Crippen molar-refractivity contribution >= 4 is 45.1 Å². The Hall–Kier alpha value is -1.31. The number of H-pyrrole nitrogens is 1. The third-order valence-corrected chi connectivity index (χ3v) is 5.32. The van der Waals surface area contributed by atoms with Gasteiger partial charge in [0.15, 0.2) is 4.77 Å². The standard InChI is InChI=1S/C12H11N3OS3/c1-6-7(2)19-10-9(6)11(16)15(12(17)14-10)4-8-3-13-5-18-8/h3,5H,4H2,1-2H3,(H,14,17). The van der Waals surface area contributed by atoms with Gasteiger partial charge in [-0.05, 0) is 31.6 Å². The van der Waals surface area contributed by atoms with E-state index in [1.165, 1.54) is 11.3 Å². The number of aromatic amines is 1. The maximum Gasteiger partial charge on any atom is 0.263 e. The Labute approximate surface area is 122 Å². The zero-order chi connectivity index (χ0) is 13.6. The van der Waals surface area contributed by atoms with Gasteiger partial charge in [-0.1, -0.05) is 0 Å². The van der Waals surface area contributed by atoms with Crippen molar-refractivity contribution in [1.29, 1.82) is 0 Å². The number of thiophene rings is 1. The fraction of sp³-hybridized carbons (Fsp3) is 0.250. The molecule has 0 aromatic carbocycles. The van der Waals surface area contributed by atoms with Crippen molar-refractivity contribution in [3.8, 4) is 0 Å². The van der Waals surface area contributed by atoms with Gasteiger partial charge in [0.1, 0.15) is 4.83 Å². The zero-order valence-corrected chi connectivity index (χ0v) is 12.8. The van der Waals surface area contributed by atoms with Crippen molar-refractivity contribution in [1.82, 2.24) is 14.5 Å². The van der Waals surface area contributed by atoms with Gasteiger partial charge in [0.2, 0.25) is 0 Å². The van der Waals surface area contributed by atoms with Crippen molar-refractivity contribution in [2.75, 3.05) is 0 Å². The molecule has 0 amide bonds. The summed E-state index contributed by atoms with van der Waals surface area (Å²) in [5.41, 5.74) is 2.77. The van der Waals surface area contributed by atoms with E-state index in [1.54, 1.807) is 27.6 Å². The van der Waals surface area contributed by atoms with E-state index in [2.05, 4.69) is 9.97 Å². The average Bonchev–Trinajstić information content (AvgIpc) is 2.95. The summed E-state index contributed by atoms with van der Waals surface area (Å²) >= 11 is 8.39. The number of nitrogens with one attached hydrogen (secondary N) is 1. The Bertz CT molecular complexity index is 855. The van der Waals surface area contributed by atoms with Crippen LogP contribution in [0.2, 0.25) is 0 Å². The molecule has 0 fully saturated rings. The van der Waals surface area contributed by atoms with E-state index in [9.17, 15) is 4.79 Å². The van der Waals surface area contributed by atoms with E-state index in [0.717, 1.165) is 25.5 Å². The molecule has 3 aromatic heterocycles. The maximum absolute atomic E-state index is 12.6. The second-order valence-electron chi connectivity index (χ2n) is 4.28. The van der Waals surface area contributed by atoms with Gasteiger partial charge in [0, 0.05) is 16.0 Å². The molecule has 1 N–H and O–H groups in total. The van der Waals surface area contributed by atoms with Crippen molar-refractivity contribution in [3.05, 3.63) is 42.1 Å². The number of hydrogen-bond donors (Lipinski definition) is 1. The first-order chi connectivity index (χ1) is 9.08. The van der Waals surface area contributed by atoms with Gasteiger partial charge in [-0.15, -0.1) is 22.7 Å². The molecule has 0 aliphatic rings. The molecule has 0 saturated heterocycles. The van der Waals surface area contributed by atoms with Gasteiger partial charge >= 0.3 is 0 Å². The van der Waals surface area contributed by atoms with E-state index in [1.807, 2.05) is 13.8 Å². The fourth-order valence-electron chi connectivity index (χ4n) is 1.98. The molecule has 0 spiro atoms. The highest BCUT2D eigenvalue weighted by Gasteiger charge is 2.13. The molecule has 7 heteroatoms. The van der Waals surface area contributed by atoms with Crippen LogP contribution in [0.25, 0.3) is 10.2 Å². The fourth-order valence-corrected chi connectivity index (χ4v) is 3.93. The van der Waals surface area contributed by atoms with Gasteiger partial charge in [-0.25, -0.2) is 0 Å². The number of aryl methyl sites for hydroxylation is 2. The molecular weight excluding hydrogens is 298 g/mol. The number of thiazole rings is 1. The molecule has 0 saturated carbocycles. The van der Waals surface area contributed by atoms with Gasteiger partial charge in [-0.3, -0.25) is 14.3 Å². The minimum absolute atomic E-state index is 0.0194. The number of fused-ring (bicyclic) bond motifs is 1. The number of aromatic nitrogens is 3. The van der Waals surface area contributed by atoms with Crippen molar-refractivity contribution < 1.29 is 0 Å². The predicted molar refractivity (Wildman–Crippen MR) is 82.0 cm³/mol. The summed E-state index contributed by atoms with van der Waals surface area (Å²) < 4.78 is 2.07. The van der Waals surface area contributed by atoms with Crippen LogP contribution in [0.3, 0.4) is 0 Å². The summed E-state index contributed by atoms with van der Waals surface area (Å²) in [6.45, 7) is 4.47. The van der Waals surface area contributed by atoms with Crippen molar-refractivity contribution in [2.45, 2.75) is 20.4 Å². The van der Waals surface area contributed by atoms with E-state index in [4.69, 9.17) is 12.2 Å². The molecule has 0 atom stereocenters. The first-order valence-corrected chi connectivity index (χ1v) is 7.78. The molecule has 0 bridgehead atoms. The molecular formula is C12H11N3OS3. The summed E-state index contributed by atoms with van der Waals surface area (Å²) in [7, 11) is 0. The highest BCUT2D eigenvalue weighted by molar-refractivity contribution is 7.71. The highest BCUT2D eigenvalue weighted by atomic mass is 32.1. The smallest absolute Gasteiger partial charge is 0.263 e. The zero-order valence-electron chi connectivity index (χ0n) is 10.4. The third kappa shape index (κ3) is 2.07. The normalized spacial score (nSPS) is 11.3. The Balaban J connectivity index is 2.28. The second kappa shape index (κ2) is 4.66. The third-order valence-electron chi connectivity index (χ3n) is 3.11. The van der Waals surface area contributed by atoms with Crippen LogP contribution in [0, 0.1) is 18.6 Å². The van der Waals surface area contributed by atoms with Crippen LogP contribution in [0.15, 0.2) is 16.5 Å². The minimum Gasteiger partial charge on any atom is -0.323 e. The molecule has 0 unspecified atom stereocenters. The quantitative estimate of drug-likeness (QED) is 0.739. The van der Waals surface area contributed by atoms with E-state index in [-0.39, 0.29) is 5.56 Å². The molecule has 0 aliphatic heterocycles. The van der Waals surface area contributed by atoms with Crippen LogP contribution in [-0.2, 0) is 6.54 Å². The molecule has 98 valence electrons. The summed E-state index contributed by atoms with van der Waals surface area (Å²) in [6, 6.07) is 0. The van der Waals surface area contributed by atoms with Gasteiger partial charge in [0.05, 0.1) is 17.4 Å². The monoisotopic (exact) mass is 309 g/mol. The Morgan fingerprint density at radius 2 is 2.26 bits per heavy atom. The number of nitrogens with zero attached hydrogens (tertiary/aromatic N) is 2. The second-order valence-corrected chi connectivity index (χ2v) is 6.86. The van der Waals surface area contributed by atoms with Crippen LogP contribution >= 0.6 is 34.9 Å². The van der Waals surface area contributed by atoms with Crippen molar-refractivity contribution in [2.24, 2.45) is 0 Å². The van der Waals surface area contributed by atoms with E-state index in [0.29, 0.717) is 11.3 Å². The number of hydrogen-bond acceptors (Lipinski definition) is 5. The molecule has 3 rings (SSSR count). The average molecular weight is 309 g/mol. The summed E-state index contributed by atoms with van der Waals surface area (Å²) in [5.74, 6) is 0. The maximum atomic E-state index is 12.6. The Morgan fingerprint density at radius 1 is 1.47 bits per heavy atom. The van der Waals surface area contributed by atoms with E-state index < -0.39 is 0 Å². The van der Waals surface area contributed by atoms with Crippen LogP contribution in [-0.4, -0.2) is 14.5 Å². The van der Waals surface area contributed by atoms with Crippen LogP contribution in [0.5, 0.6) is 0 Å². The minimum atomic E-state index is -0.0194. The van der Waals surface area contributed by atoms with Gasteiger partial charge < -0.3 is 4.98 Å². The summed E-state index contributed by atoms with van der Waals surface area (Å²) in [6.07, 6.45) is 1.77. The first-order valence-electron chi connectivity index (χ1n) is 5.68. The van der Waals surface area contributed by atoms with Gasteiger partial charge in [0.25, 0.3) is 5.56 Å². The molecule has 4 nitrogen and oxygen atoms in total. The first kappa shape index (κ1) is 12.7. The molecule has 0 radical (unpaired) electrons. The summed E-state index contributed by atoms with van der Waals surface area (Å²) in [5, 5.41) is 0.751. The molecule has 3 aromatic rings. The molecule has 0 aliphatic carbocycles. The SMILES string of the molecule is Cc1sc2[nH]c(=S)n(Cc3cncs3)c(=O)c2c1C. The lowest BCUT2D eigenvalue weighted by molar-refractivity contribution is 0.743. The Kier molecular flexibility index (Phi) is 3.12. The van der Waals surface area contributed by atoms with Crippen LogP contribution in [0.4, 0.5) is 0 Å². The Morgan fingerprint density at radius 3 is 2.95 bits per heavy atom. The van der Waals surface area contributed by atoms with Crippen LogP contribution in [0.1, 0.15) is 15.3 Å². The molecule has 19 heavy (non-hydrogen) atoms. The summed E-state index contributed by atoms with van der Waals surface area (Å²) in [4.78, 5) is 22.8. The molecule has 3 heterocycles. The highest BCUT2D eigenvalue weighted by Crippen LogP contribution is 2.25. The van der Waals surface area contributed by atoms with Crippen LogP contribution < -0.4 is 5.56 Å². The predicted octanol–water partition coefficient (Wildman–Crippen LogP) is 3.24. The lowest BCUT2D eigenvalue weighted by Crippen LogP contribution is -2.22. The lowest BCUT2D eigenvalue weighted by Gasteiger charge is -2.04. The van der Waals surface area contributed by atoms with Gasteiger partial charge in [-0.2, -0.15) is 0 Å². The lowest BCUT2D eigenvalue weighted by atomic mass is 10.2. The van der Waals surface area contributed by atoms with Crippen molar-refractivity contribution in [3.63, 3.8) is 0 Å². The largest absolute Gasteiger partial charge is 0.323 e.